The number of benzene rings is 1. The first-order valence-electron chi connectivity index (χ1n) is 11.3. The van der Waals surface area contributed by atoms with Crippen molar-refractivity contribution in [3.8, 4) is 11.3 Å². The van der Waals surface area contributed by atoms with Crippen molar-refractivity contribution >= 4 is 22.4 Å². The molecular weight excluding hydrogens is 394 g/mol. The number of anilines is 1. The van der Waals surface area contributed by atoms with Crippen molar-refractivity contribution in [1.82, 2.24) is 10.3 Å². The fourth-order valence-electron chi connectivity index (χ4n) is 3.33. The van der Waals surface area contributed by atoms with Crippen LogP contribution < -0.4 is 10.6 Å². The summed E-state index contributed by atoms with van der Waals surface area (Å²) in [5, 5.41) is 8.92. The van der Waals surface area contributed by atoms with E-state index in [4.69, 9.17) is 4.74 Å². The molecule has 0 aliphatic heterocycles. The minimum atomic E-state index is 0.0491. The number of rotatable bonds is 16. The van der Waals surface area contributed by atoms with Gasteiger partial charge in [-0.25, -0.2) is 4.98 Å². The van der Waals surface area contributed by atoms with Crippen LogP contribution in [0.3, 0.4) is 0 Å². The van der Waals surface area contributed by atoms with Crippen LogP contribution >= 0.6 is 11.3 Å². The van der Waals surface area contributed by atoms with E-state index in [0.717, 1.165) is 50.1 Å². The summed E-state index contributed by atoms with van der Waals surface area (Å²) in [5.74, 6) is 0.741. The van der Waals surface area contributed by atoms with Gasteiger partial charge in [-0.15, -0.1) is 11.3 Å². The number of carbonyl (C=O) groups is 1. The van der Waals surface area contributed by atoms with Crippen LogP contribution in [0.25, 0.3) is 11.3 Å². The highest BCUT2D eigenvalue weighted by molar-refractivity contribution is 7.14. The Morgan fingerprint density at radius 3 is 2.70 bits per heavy atom. The summed E-state index contributed by atoms with van der Waals surface area (Å²) >= 11 is 1.47. The highest BCUT2D eigenvalue weighted by Gasteiger charge is 2.08. The van der Waals surface area contributed by atoms with Crippen molar-refractivity contribution in [2.24, 2.45) is 5.92 Å². The molecule has 2 rings (SSSR count). The zero-order valence-corrected chi connectivity index (χ0v) is 19.3. The molecule has 1 aromatic carbocycles. The van der Waals surface area contributed by atoms with Crippen LogP contribution in [0.4, 0.5) is 5.13 Å². The summed E-state index contributed by atoms with van der Waals surface area (Å²) in [6.45, 7) is 6.93. The Hall–Kier alpha value is -1.76. The van der Waals surface area contributed by atoms with Gasteiger partial charge in [0.25, 0.3) is 0 Å². The van der Waals surface area contributed by atoms with Crippen molar-refractivity contribution < 1.29 is 9.53 Å². The molecule has 0 saturated carbocycles. The second-order valence-electron chi connectivity index (χ2n) is 7.69. The number of carbonyl (C=O) groups excluding carboxylic acids is 1. The van der Waals surface area contributed by atoms with Crippen LogP contribution in [-0.4, -0.2) is 30.8 Å². The molecule has 0 spiro atoms. The van der Waals surface area contributed by atoms with Crippen LogP contribution in [0.2, 0.25) is 0 Å². The molecule has 1 unspecified atom stereocenters. The molecule has 0 saturated heterocycles. The molecule has 30 heavy (non-hydrogen) atoms. The van der Waals surface area contributed by atoms with E-state index in [1.165, 1.54) is 30.6 Å². The fraction of sp³-hybridized carbons (Fsp3) is 0.583. The number of amides is 1. The van der Waals surface area contributed by atoms with Gasteiger partial charge in [-0.2, -0.15) is 0 Å². The molecule has 5 nitrogen and oxygen atoms in total. The van der Waals surface area contributed by atoms with E-state index in [9.17, 15) is 4.79 Å². The van der Waals surface area contributed by atoms with Crippen molar-refractivity contribution in [1.29, 1.82) is 0 Å². The number of nitrogens with zero attached hydrogens (tertiary/aromatic N) is 1. The standard InChI is InChI=1S/C24H37N3O2S/c1-3-12-20(4-2)17-29-19-25-16-11-6-5-10-15-23(28)27-24-26-22(18-30-24)21-13-8-7-9-14-21/h7-9,13-14,18,20,25H,3-6,10-12,15-17,19H2,1-2H3,(H,26,27,28). The number of thiazole rings is 1. The molecule has 0 aliphatic rings. The lowest BCUT2D eigenvalue weighted by atomic mass is 10.0. The summed E-state index contributed by atoms with van der Waals surface area (Å²) in [6.07, 6.45) is 8.44. The Morgan fingerprint density at radius 2 is 1.93 bits per heavy atom. The number of ether oxygens (including phenoxy) is 1. The Labute approximate surface area is 185 Å². The maximum Gasteiger partial charge on any atom is 0.226 e. The van der Waals surface area contributed by atoms with Crippen LogP contribution in [0.1, 0.15) is 65.2 Å². The van der Waals surface area contributed by atoms with Gasteiger partial charge in [0.05, 0.1) is 19.0 Å². The molecule has 1 aromatic heterocycles. The third kappa shape index (κ3) is 9.83. The van der Waals surface area contributed by atoms with Crippen LogP contribution in [0.15, 0.2) is 35.7 Å². The average Bonchev–Trinajstić information content (AvgIpc) is 3.23. The smallest absolute Gasteiger partial charge is 0.226 e. The zero-order chi connectivity index (χ0) is 21.4. The van der Waals surface area contributed by atoms with E-state index in [-0.39, 0.29) is 5.91 Å². The largest absolute Gasteiger partial charge is 0.366 e. The van der Waals surface area contributed by atoms with Gasteiger partial charge in [0, 0.05) is 17.4 Å². The third-order valence-corrected chi connectivity index (χ3v) is 5.92. The average molecular weight is 432 g/mol. The normalized spacial score (nSPS) is 12.1. The summed E-state index contributed by atoms with van der Waals surface area (Å²) in [6, 6.07) is 10.0. The molecule has 166 valence electrons. The van der Waals surface area contributed by atoms with Crippen molar-refractivity contribution in [3.05, 3.63) is 35.7 Å². The first-order valence-corrected chi connectivity index (χ1v) is 12.2. The van der Waals surface area contributed by atoms with E-state index >= 15 is 0 Å². The van der Waals surface area contributed by atoms with Gasteiger partial charge in [-0.3, -0.25) is 10.1 Å². The minimum Gasteiger partial charge on any atom is -0.366 e. The third-order valence-electron chi connectivity index (χ3n) is 5.16. The molecule has 2 N–H and O–H groups in total. The lowest BCUT2D eigenvalue weighted by Crippen LogP contribution is -2.21. The van der Waals surface area contributed by atoms with E-state index in [0.29, 0.717) is 24.2 Å². The maximum absolute atomic E-state index is 12.1. The molecule has 0 radical (unpaired) electrons. The minimum absolute atomic E-state index is 0.0491. The predicted molar refractivity (Wildman–Crippen MR) is 127 cm³/mol. The van der Waals surface area contributed by atoms with E-state index in [2.05, 4.69) is 29.5 Å². The van der Waals surface area contributed by atoms with Crippen molar-refractivity contribution in [2.75, 3.05) is 25.2 Å². The SMILES string of the molecule is CCCC(CC)COCNCCCCCCC(=O)Nc1nc(-c2ccccc2)cs1. The molecule has 0 bridgehead atoms. The van der Waals surface area contributed by atoms with Crippen LogP contribution in [0, 0.1) is 5.92 Å². The van der Waals surface area contributed by atoms with Crippen molar-refractivity contribution in [2.45, 2.75) is 65.2 Å². The second kappa shape index (κ2) is 15.1. The summed E-state index contributed by atoms with van der Waals surface area (Å²) in [4.78, 5) is 16.6. The van der Waals surface area contributed by atoms with Gasteiger partial charge in [-0.1, -0.05) is 69.9 Å². The quantitative estimate of drug-likeness (QED) is 0.249. The summed E-state index contributed by atoms with van der Waals surface area (Å²) < 4.78 is 5.72. The molecule has 2 aromatic rings. The van der Waals surface area contributed by atoms with Gasteiger partial charge < -0.3 is 10.1 Å². The van der Waals surface area contributed by atoms with E-state index in [1.54, 1.807) is 0 Å². The second-order valence-corrected chi connectivity index (χ2v) is 8.55. The number of aromatic nitrogens is 1. The van der Waals surface area contributed by atoms with Gasteiger partial charge >= 0.3 is 0 Å². The number of unbranched alkanes of at least 4 members (excludes halogenated alkanes) is 3. The first-order chi connectivity index (χ1) is 14.7. The summed E-state index contributed by atoms with van der Waals surface area (Å²) in [5.41, 5.74) is 1.97. The van der Waals surface area contributed by atoms with Crippen LogP contribution in [-0.2, 0) is 9.53 Å². The Morgan fingerprint density at radius 1 is 1.13 bits per heavy atom. The Kier molecular flexibility index (Phi) is 12.3. The Balaban J connectivity index is 1.47. The molecule has 1 heterocycles. The molecule has 6 heteroatoms. The summed E-state index contributed by atoms with van der Waals surface area (Å²) in [7, 11) is 0. The molecule has 1 amide bonds. The highest BCUT2D eigenvalue weighted by Crippen LogP contribution is 2.24. The van der Waals surface area contributed by atoms with E-state index in [1.807, 2.05) is 35.7 Å². The highest BCUT2D eigenvalue weighted by atomic mass is 32.1. The van der Waals surface area contributed by atoms with Gasteiger partial charge in [0.15, 0.2) is 5.13 Å². The zero-order valence-electron chi connectivity index (χ0n) is 18.5. The number of hydrogen-bond acceptors (Lipinski definition) is 5. The van der Waals surface area contributed by atoms with Gasteiger partial charge in [0.2, 0.25) is 5.91 Å². The first kappa shape index (κ1) is 24.5. The van der Waals surface area contributed by atoms with Gasteiger partial charge in [0.1, 0.15) is 0 Å². The van der Waals surface area contributed by atoms with Crippen LogP contribution in [0.5, 0.6) is 0 Å². The molecule has 0 fully saturated rings. The monoisotopic (exact) mass is 431 g/mol. The topological polar surface area (TPSA) is 63.2 Å². The lowest BCUT2D eigenvalue weighted by Gasteiger charge is -2.14. The fourth-order valence-corrected chi connectivity index (χ4v) is 4.06. The molecule has 0 aliphatic carbocycles. The number of hydrogen-bond donors (Lipinski definition) is 2. The number of nitrogens with one attached hydrogen (secondary N) is 2. The van der Waals surface area contributed by atoms with Gasteiger partial charge in [-0.05, 0) is 31.7 Å². The molecular formula is C24H37N3O2S. The van der Waals surface area contributed by atoms with E-state index < -0.39 is 0 Å². The maximum atomic E-state index is 12.1. The molecule has 1 atom stereocenters. The Bertz CT molecular complexity index is 705. The van der Waals surface area contributed by atoms with Crippen molar-refractivity contribution in [3.63, 3.8) is 0 Å². The predicted octanol–water partition coefficient (Wildman–Crippen LogP) is 6.09. The lowest BCUT2D eigenvalue weighted by molar-refractivity contribution is -0.116.